The van der Waals surface area contributed by atoms with Gasteiger partial charge in [-0.15, -0.1) is 0 Å². The lowest BCUT2D eigenvalue weighted by Gasteiger charge is -2.11. The van der Waals surface area contributed by atoms with E-state index in [-0.39, 0.29) is 5.56 Å². The van der Waals surface area contributed by atoms with Crippen LogP contribution in [-0.2, 0) is 0 Å². The van der Waals surface area contributed by atoms with E-state index in [1.807, 2.05) is 0 Å². The highest BCUT2D eigenvalue weighted by Gasteiger charge is 2.18. The van der Waals surface area contributed by atoms with Crippen molar-refractivity contribution in [1.82, 2.24) is 5.32 Å². The molecule has 7 heteroatoms. The molecule has 1 amide bonds. The van der Waals surface area contributed by atoms with Crippen molar-refractivity contribution in [3.8, 4) is 0 Å². The van der Waals surface area contributed by atoms with Crippen LogP contribution in [0.1, 0.15) is 10.4 Å². The summed E-state index contributed by atoms with van der Waals surface area (Å²) < 4.78 is 24.4. The van der Waals surface area contributed by atoms with Gasteiger partial charge in [-0.25, -0.2) is 8.78 Å². The van der Waals surface area contributed by atoms with E-state index in [1.54, 1.807) is 12.1 Å². The fourth-order valence-corrected chi connectivity index (χ4v) is 1.55. The number of carbonyl (C=O) groups excluding carboxylic acids is 1. The molecule has 4 N–H and O–H groups in total. The summed E-state index contributed by atoms with van der Waals surface area (Å²) in [6, 6.07) is 4.65. The number of hydrogen-bond donors (Lipinski definition) is 3. The number of rotatable bonds is 4. The summed E-state index contributed by atoms with van der Waals surface area (Å²) in [4.78, 5) is 11.6. The molecule has 0 aliphatic rings. The van der Waals surface area contributed by atoms with Crippen LogP contribution in [-0.4, -0.2) is 30.1 Å². The highest BCUT2D eigenvalue weighted by atomic mass is 79.9. The Labute approximate surface area is 105 Å². The van der Waals surface area contributed by atoms with Crippen LogP contribution < -0.4 is 11.1 Å². The van der Waals surface area contributed by atoms with Crippen molar-refractivity contribution in [3.05, 3.63) is 28.2 Å². The Morgan fingerprint density at radius 3 is 2.76 bits per heavy atom. The van der Waals surface area contributed by atoms with Gasteiger partial charge in [0.2, 0.25) is 0 Å². The predicted molar refractivity (Wildman–Crippen MR) is 62.9 cm³/mol. The van der Waals surface area contributed by atoms with E-state index in [9.17, 15) is 13.6 Å². The molecule has 0 aromatic heterocycles. The molecule has 0 radical (unpaired) electrons. The van der Waals surface area contributed by atoms with E-state index < -0.39 is 25.0 Å². The quantitative estimate of drug-likeness (QED) is 0.736. The minimum absolute atomic E-state index is 0.228. The van der Waals surface area contributed by atoms with Crippen LogP contribution >= 0.6 is 15.9 Å². The van der Waals surface area contributed by atoms with Gasteiger partial charge in [0.15, 0.2) is 0 Å². The minimum atomic E-state index is -2.89. The first kappa shape index (κ1) is 13.9. The standard InChI is InChI=1S/C10H11BrF2N2O2/c11-8-5(2-1-3-6(8)14)10(17)15-4-7(16)9(12)13/h1-3,7,9,16H,4,14H2,(H,15,17). The summed E-state index contributed by atoms with van der Waals surface area (Å²) >= 11 is 3.12. The Morgan fingerprint density at radius 1 is 1.53 bits per heavy atom. The summed E-state index contributed by atoms with van der Waals surface area (Å²) in [6.45, 7) is -0.516. The van der Waals surface area contributed by atoms with E-state index in [1.165, 1.54) is 6.07 Å². The second-order valence-electron chi connectivity index (χ2n) is 3.32. The smallest absolute Gasteiger partial charge is 0.265 e. The molecular formula is C10H11BrF2N2O2. The summed E-state index contributed by atoms with van der Waals surface area (Å²) in [6.07, 6.45) is -4.77. The van der Waals surface area contributed by atoms with Gasteiger partial charge >= 0.3 is 0 Å². The van der Waals surface area contributed by atoms with Crippen LogP contribution in [0.25, 0.3) is 0 Å². The monoisotopic (exact) mass is 308 g/mol. The zero-order chi connectivity index (χ0) is 13.0. The minimum Gasteiger partial charge on any atom is -0.398 e. The summed E-state index contributed by atoms with van der Waals surface area (Å²) in [7, 11) is 0. The molecule has 1 atom stereocenters. The van der Waals surface area contributed by atoms with E-state index in [4.69, 9.17) is 10.8 Å². The molecule has 17 heavy (non-hydrogen) atoms. The zero-order valence-corrected chi connectivity index (χ0v) is 10.2. The molecule has 1 aromatic carbocycles. The van der Waals surface area contributed by atoms with Crippen LogP contribution in [0.4, 0.5) is 14.5 Å². The topological polar surface area (TPSA) is 75.4 Å². The summed E-state index contributed by atoms with van der Waals surface area (Å²) in [5.74, 6) is -0.580. The van der Waals surface area contributed by atoms with Gasteiger partial charge in [0.25, 0.3) is 12.3 Å². The molecule has 0 spiro atoms. The first-order valence-electron chi connectivity index (χ1n) is 4.72. The Morgan fingerprint density at radius 2 is 2.18 bits per heavy atom. The number of nitrogens with one attached hydrogen (secondary N) is 1. The summed E-state index contributed by atoms with van der Waals surface area (Å²) in [5.41, 5.74) is 6.16. The van der Waals surface area contributed by atoms with E-state index in [2.05, 4.69) is 21.2 Å². The Bertz CT molecular complexity index is 415. The Kier molecular flexibility index (Phi) is 4.83. The largest absolute Gasteiger partial charge is 0.398 e. The molecule has 0 aliphatic carbocycles. The average Bonchev–Trinajstić information content (AvgIpc) is 2.29. The molecule has 4 nitrogen and oxygen atoms in total. The van der Waals surface area contributed by atoms with Crippen LogP contribution in [0.3, 0.4) is 0 Å². The first-order chi connectivity index (χ1) is 7.93. The molecule has 0 saturated carbocycles. The zero-order valence-electron chi connectivity index (χ0n) is 8.66. The van der Waals surface area contributed by atoms with Gasteiger partial charge in [0.1, 0.15) is 6.10 Å². The normalized spacial score (nSPS) is 12.5. The third-order valence-corrected chi connectivity index (χ3v) is 2.92. The SMILES string of the molecule is Nc1cccc(C(=O)NCC(O)C(F)F)c1Br. The number of anilines is 1. The maximum Gasteiger partial charge on any atom is 0.265 e. The molecule has 0 saturated heterocycles. The van der Waals surface area contributed by atoms with Gasteiger partial charge < -0.3 is 16.2 Å². The number of carbonyl (C=O) groups is 1. The lowest BCUT2D eigenvalue weighted by atomic mass is 10.2. The van der Waals surface area contributed by atoms with Crippen molar-refractivity contribution in [2.45, 2.75) is 12.5 Å². The Balaban J connectivity index is 2.68. The Hall–Kier alpha value is -1.21. The average molecular weight is 309 g/mol. The van der Waals surface area contributed by atoms with Crippen molar-refractivity contribution >= 4 is 27.5 Å². The fourth-order valence-electron chi connectivity index (χ4n) is 1.11. The number of halogens is 3. The number of alkyl halides is 2. The molecular weight excluding hydrogens is 298 g/mol. The highest BCUT2D eigenvalue weighted by molar-refractivity contribution is 9.10. The molecule has 0 fully saturated rings. The van der Waals surface area contributed by atoms with Crippen LogP contribution in [0, 0.1) is 0 Å². The molecule has 1 unspecified atom stereocenters. The lowest BCUT2D eigenvalue weighted by Crippen LogP contribution is -2.36. The van der Waals surface area contributed by atoms with Gasteiger partial charge in [-0.1, -0.05) is 6.07 Å². The third-order valence-electron chi connectivity index (χ3n) is 2.04. The van der Waals surface area contributed by atoms with E-state index in [0.29, 0.717) is 10.2 Å². The van der Waals surface area contributed by atoms with Crippen molar-refractivity contribution in [3.63, 3.8) is 0 Å². The highest BCUT2D eigenvalue weighted by Crippen LogP contribution is 2.23. The third kappa shape index (κ3) is 3.64. The van der Waals surface area contributed by atoms with Crippen LogP contribution in [0.5, 0.6) is 0 Å². The predicted octanol–water partition coefficient (Wildman–Crippen LogP) is 1.39. The second-order valence-corrected chi connectivity index (χ2v) is 4.11. The van der Waals surface area contributed by atoms with E-state index in [0.717, 1.165) is 0 Å². The number of benzene rings is 1. The molecule has 0 bridgehead atoms. The van der Waals surface area contributed by atoms with Gasteiger partial charge in [-0.05, 0) is 28.1 Å². The lowest BCUT2D eigenvalue weighted by molar-refractivity contribution is -0.00270. The van der Waals surface area contributed by atoms with Crippen LogP contribution in [0.15, 0.2) is 22.7 Å². The van der Waals surface area contributed by atoms with Gasteiger partial charge in [0.05, 0.1) is 10.0 Å². The number of nitrogens with two attached hydrogens (primary N) is 1. The first-order valence-corrected chi connectivity index (χ1v) is 5.51. The van der Waals surface area contributed by atoms with Crippen LogP contribution in [0.2, 0.25) is 0 Å². The maximum atomic E-state index is 12.0. The second kappa shape index (κ2) is 5.92. The fraction of sp³-hybridized carbons (Fsp3) is 0.300. The number of aliphatic hydroxyl groups is 1. The number of amides is 1. The molecule has 94 valence electrons. The number of aliphatic hydroxyl groups excluding tert-OH is 1. The van der Waals surface area contributed by atoms with E-state index >= 15 is 0 Å². The van der Waals surface area contributed by atoms with Gasteiger partial charge in [-0.2, -0.15) is 0 Å². The van der Waals surface area contributed by atoms with Crippen molar-refractivity contribution < 1.29 is 18.7 Å². The van der Waals surface area contributed by atoms with Crippen molar-refractivity contribution in [2.75, 3.05) is 12.3 Å². The molecule has 1 rings (SSSR count). The number of hydrogen-bond acceptors (Lipinski definition) is 3. The number of nitrogen functional groups attached to an aromatic ring is 1. The van der Waals surface area contributed by atoms with Gasteiger partial charge in [-0.3, -0.25) is 4.79 Å². The maximum absolute atomic E-state index is 12.0. The van der Waals surface area contributed by atoms with Crippen molar-refractivity contribution in [1.29, 1.82) is 0 Å². The molecule has 1 aromatic rings. The van der Waals surface area contributed by atoms with Gasteiger partial charge in [0, 0.05) is 12.2 Å². The molecule has 0 aliphatic heterocycles. The summed E-state index contributed by atoms with van der Waals surface area (Å²) in [5, 5.41) is 11.0. The van der Waals surface area contributed by atoms with Crippen molar-refractivity contribution in [2.24, 2.45) is 0 Å². The molecule has 0 heterocycles.